The maximum absolute atomic E-state index is 12.8. The number of halogens is 3. The molecule has 2 aromatic rings. The molecule has 0 unspecified atom stereocenters. The lowest BCUT2D eigenvalue weighted by atomic mass is 10.1. The molecule has 0 aliphatic carbocycles. The van der Waals surface area contributed by atoms with Crippen LogP contribution in [0.25, 0.3) is 0 Å². The standard InChI is InChI=1S/C18H18F3NO3S/c19-18(20,21)14-8-6-13(7-9-14)12-25-16-10-22-11-17(16)26(23,24)15-4-2-1-3-5-15/h1-9,16-17,22H,10-12H2/t16-,17-/m1/s1. The van der Waals surface area contributed by atoms with Crippen LogP contribution in [0.5, 0.6) is 0 Å². The van der Waals surface area contributed by atoms with E-state index >= 15 is 0 Å². The molecule has 0 spiro atoms. The molecule has 140 valence electrons. The predicted octanol–water partition coefficient (Wildman–Crippen LogP) is 3.04. The molecule has 26 heavy (non-hydrogen) atoms. The Balaban J connectivity index is 1.68. The van der Waals surface area contributed by atoms with E-state index < -0.39 is 32.9 Å². The second kappa shape index (κ2) is 7.38. The highest BCUT2D eigenvalue weighted by Gasteiger charge is 2.39. The van der Waals surface area contributed by atoms with Crippen molar-refractivity contribution in [2.75, 3.05) is 13.1 Å². The number of sulfone groups is 1. The van der Waals surface area contributed by atoms with E-state index in [0.29, 0.717) is 12.1 Å². The fourth-order valence-electron chi connectivity index (χ4n) is 2.88. The number of ether oxygens (including phenoxy) is 1. The molecule has 0 radical (unpaired) electrons. The first-order valence-electron chi connectivity index (χ1n) is 8.06. The minimum absolute atomic E-state index is 0.0469. The van der Waals surface area contributed by atoms with Gasteiger partial charge in [-0.2, -0.15) is 13.2 Å². The number of benzene rings is 2. The quantitative estimate of drug-likeness (QED) is 0.860. The average molecular weight is 385 g/mol. The number of nitrogens with one attached hydrogen (secondary N) is 1. The molecule has 3 rings (SSSR count). The summed E-state index contributed by atoms with van der Waals surface area (Å²) < 4.78 is 69.0. The Morgan fingerprint density at radius 2 is 1.65 bits per heavy atom. The molecule has 1 aliphatic rings. The predicted molar refractivity (Wildman–Crippen MR) is 90.3 cm³/mol. The third-order valence-corrected chi connectivity index (χ3v) is 6.52. The summed E-state index contributed by atoms with van der Waals surface area (Å²) in [5.74, 6) is 0. The van der Waals surface area contributed by atoms with E-state index in [9.17, 15) is 21.6 Å². The van der Waals surface area contributed by atoms with Gasteiger partial charge in [0.15, 0.2) is 9.84 Å². The van der Waals surface area contributed by atoms with Gasteiger partial charge < -0.3 is 10.1 Å². The first-order valence-corrected chi connectivity index (χ1v) is 9.60. The smallest absolute Gasteiger partial charge is 0.371 e. The zero-order valence-electron chi connectivity index (χ0n) is 13.7. The fraction of sp³-hybridized carbons (Fsp3) is 0.333. The van der Waals surface area contributed by atoms with Crippen LogP contribution in [0.4, 0.5) is 13.2 Å². The Kier molecular flexibility index (Phi) is 5.36. The Bertz CT molecular complexity index is 836. The van der Waals surface area contributed by atoms with Gasteiger partial charge in [-0.15, -0.1) is 0 Å². The lowest BCUT2D eigenvalue weighted by Crippen LogP contribution is -2.35. The third kappa shape index (κ3) is 4.08. The molecule has 2 atom stereocenters. The molecule has 2 aromatic carbocycles. The van der Waals surface area contributed by atoms with Gasteiger partial charge in [0.2, 0.25) is 0 Å². The van der Waals surface area contributed by atoms with Crippen molar-refractivity contribution in [1.82, 2.24) is 5.32 Å². The molecule has 0 amide bonds. The first-order chi connectivity index (χ1) is 12.3. The van der Waals surface area contributed by atoms with Gasteiger partial charge in [0.25, 0.3) is 0 Å². The van der Waals surface area contributed by atoms with Crippen LogP contribution >= 0.6 is 0 Å². The number of alkyl halides is 3. The van der Waals surface area contributed by atoms with E-state index in [2.05, 4.69) is 5.32 Å². The van der Waals surface area contributed by atoms with Crippen molar-refractivity contribution in [1.29, 1.82) is 0 Å². The van der Waals surface area contributed by atoms with E-state index in [1.54, 1.807) is 30.3 Å². The molecular weight excluding hydrogens is 367 g/mol. The maximum atomic E-state index is 12.8. The molecule has 0 bridgehead atoms. The summed E-state index contributed by atoms with van der Waals surface area (Å²) in [5.41, 5.74) is -0.172. The minimum atomic E-state index is -4.39. The van der Waals surface area contributed by atoms with Gasteiger partial charge in [-0.05, 0) is 29.8 Å². The van der Waals surface area contributed by atoms with Crippen molar-refractivity contribution in [2.45, 2.75) is 29.0 Å². The van der Waals surface area contributed by atoms with Crippen molar-refractivity contribution >= 4 is 9.84 Å². The van der Waals surface area contributed by atoms with Gasteiger partial charge in [-0.25, -0.2) is 8.42 Å². The summed E-state index contributed by atoms with van der Waals surface area (Å²) in [5, 5.41) is 2.27. The van der Waals surface area contributed by atoms with Gasteiger partial charge in [-0.3, -0.25) is 0 Å². The molecule has 8 heteroatoms. The zero-order valence-corrected chi connectivity index (χ0v) is 14.6. The van der Waals surface area contributed by atoms with Crippen molar-refractivity contribution in [3.63, 3.8) is 0 Å². The molecule has 1 fully saturated rings. The Labute approximate surface area is 149 Å². The molecule has 1 N–H and O–H groups in total. The topological polar surface area (TPSA) is 55.4 Å². The maximum Gasteiger partial charge on any atom is 0.416 e. The summed E-state index contributed by atoms with van der Waals surface area (Å²) in [6.45, 7) is 0.692. The van der Waals surface area contributed by atoms with Gasteiger partial charge in [0.05, 0.1) is 23.2 Å². The lowest BCUT2D eigenvalue weighted by Gasteiger charge is -2.20. The summed E-state index contributed by atoms with van der Waals surface area (Å²) in [6, 6.07) is 12.8. The second-order valence-electron chi connectivity index (χ2n) is 6.10. The molecule has 0 aromatic heterocycles. The summed E-state index contributed by atoms with van der Waals surface area (Å²) >= 11 is 0. The van der Waals surface area contributed by atoms with E-state index in [4.69, 9.17) is 4.74 Å². The SMILES string of the molecule is O=S(=O)(c1ccccc1)[C@@H]1CNC[C@H]1OCc1ccc(C(F)(F)F)cc1. The van der Waals surface area contributed by atoms with Crippen LogP contribution < -0.4 is 5.32 Å². The lowest BCUT2D eigenvalue weighted by molar-refractivity contribution is -0.137. The second-order valence-corrected chi connectivity index (χ2v) is 8.27. The molecule has 0 saturated carbocycles. The van der Waals surface area contributed by atoms with Crippen molar-refractivity contribution in [2.24, 2.45) is 0 Å². The van der Waals surface area contributed by atoms with E-state index in [-0.39, 0.29) is 18.0 Å². The van der Waals surface area contributed by atoms with Crippen LogP contribution in [-0.4, -0.2) is 32.9 Å². The van der Waals surface area contributed by atoms with Crippen LogP contribution in [0, 0.1) is 0 Å². The van der Waals surface area contributed by atoms with Crippen LogP contribution in [0.15, 0.2) is 59.5 Å². The highest BCUT2D eigenvalue weighted by molar-refractivity contribution is 7.92. The van der Waals surface area contributed by atoms with Crippen molar-refractivity contribution in [3.8, 4) is 0 Å². The number of hydrogen-bond acceptors (Lipinski definition) is 4. The first kappa shape index (κ1) is 18.9. The summed E-state index contributed by atoms with van der Waals surface area (Å²) in [7, 11) is -3.55. The van der Waals surface area contributed by atoms with Gasteiger partial charge in [-0.1, -0.05) is 30.3 Å². The number of rotatable bonds is 5. The molecular formula is C18H18F3NO3S. The highest BCUT2D eigenvalue weighted by atomic mass is 32.2. The van der Waals surface area contributed by atoms with Crippen LogP contribution in [0.2, 0.25) is 0 Å². The van der Waals surface area contributed by atoms with Gasteiger partial charge >= 0.3 is 6.18 Å². The monoisotopic (exact) mass is 385 g/mol. The van der Waals surface area contributed by atoms with Crippen molar-refractivity contribution < 1.29 is 26.3 Å². The van der Waals surface area contributed by atoms with Crippen LogP contribution in [0.1, 0.15) is 11.1 Å². The molecule has 1 heterocycles. The highest BCUT2D eigenvalue weighted by Crippen LogP contribution is 2.29. The molecule has 1 saturated heterocycles. The third-order valence-electron chi connectivity index (χ3n) is 4.32. The summed E-state index contributed by atoms with van der Waals surface area (Å²) in [6.07, 6.45) is -4.95. The fourth-order valence-corrected chi connectivity index (χ4v) is 4.68. The minimum Gasteiger partial charge on any atom is -0.371 e. The Morgan fingerprint density at radius 1 is 1.00 bits per heavy atom. The normalized spacial score (nSPS) is 21.0. The average Bonchev–Trinajstić information content (AvgIpc) is 3.10. The van der Waals surface area contributed by atoms with Crippen molar-refractivity contribution in [3.05, 3.63) is 65.7 Å². The van der Waals surface area contributed by atoms with Gasteiger partial charge in [0.1, 0.15) is 5.25 Å². The van der Waals surface area contributed by atoms with Gasteiger partial charge in [0, 0.05) is 13.1 Å². The largest absolute Gasteiger partial charge is 0.416 e. The van der Waals surface area contributed by atoms with Crippen LogP contribution in [0.3, 0.4) is 0 Å². The van der Waals surface area contributed by atoms with Crippen LogP contribution in [-0.2, 0) is 27.4 Å². The molecule has 1 aliphatic heterocycles. The Morgan fingerprint density at radius 3 is 2.27 bits per heavy atom. The van der Waals surface area contributed by atoms with E-state index in [0.717, 1.165) is 12.1 Å². The molecule has 4 nitrogen and oxygen atoms in total. The zero-order chi connectivity index (χ0) is 18.8. The van der Waals surface area contributed by atoms with E-state index in [1.807, 2.05) is 0 Å². The number of hydrogen-bond donors (Lipinski definition) is 1. The Hall–Kier alpha value is -1.90. The summed E-state index contributed by atoms with van der Waals surface area (Å²) in [4.78, 5) is 0.233. The van der Waals surface area contributed by atoms with E-state index in [1.165, 1.54) is 12.1 Å².